The molecule has 0 amide bonds. The average molecular weight is 380 g/mol. The molecule has 0 radical (unpaired) electrons. The standard InChI is InChI=1S/C15H11BrClF3O/c16-13-3-1-2-11(8-17)14(13)21-9-10-4-6-12(7-5-10)15(18,19)20/h1-7H,8-9H2. The Kier molecular flexibility index (Phi) is 5.17. The predicted octanol–water partition coefficient (Wildman–Crippen LogP) is 5.79. The van der Waals surface area contributed by atoms with Crippen molar-refractivity contribution >= 4 is 27.5 Å². The van der Waals surface area contributed by atoms with Crippen LogP contribution >= 0.6 is 27.5 Å². The molecule has 0 aliphatic carbocycles. The van der Waals surface area contributed by atoms with Gasteiger partial charge in [0.15, 0.2) is 0 Å². The molecule has 6 heteroatoms. The molecule has 0 unspecified atom stereocenters. The Labute approximate surface area is 133 Å². The van der Waals surface area contributed by atoms with Gasteiger partial charge in [0.2, 0.25) is 0 Å². The Morgan fingerprint density at radius 3 is 2.29 bits per heavy atom. The molecule has 0 fully saturated rings. The van der Waals surface area contributed by atoms with Gasteiger partial charge in [0.25, 0.3) is 0 Å². The average Bonchev–Trinajstić information content (AvgIpc) is 2.45. The van der Waals surface area contributed by atoms with Crippen LogP contribution in [0.2, 0.25) is 0 Å². The Balaban J connectivity index is 2.10. The number of alkyl halides is 4. The van der Waals surface area contributed by atoms with Crippen LogP contribution in [0.4, 0.5) is 13.2 Å². The molecule has 0 aliphatic heterocycles. The molecular formula is C15H11BrClF3O. The van der Waals surface area contributed by atoms with Gasteiger partial charge in [0.1, 0.15) is 12.4 Å². The molecule has 0 aromatic heterocycles. The van der Waals surface area contributed by atoms with Crippen LogP contribution in [0.15, 0.2) is 46.9 Å². The Morgan fingerprint density at radius 1 is 1.05 bits per heavy atom. The summed E-state index contributed by atoms with van der Waals surface area (Å²) in [4.78, 5) is 0. The Morgan fingerprint density at radius 2 is 1.71 bits per heavy atom. The first kappa shape index (κ1) is 16.2. The van der Waals surface area contributed by atoms with Crippen LogP contribution in [0.3, 0.4) is 0 Å². The van der Waals surface area contributed by atoms with Crippen molar-refractivity contribution in [1.82, 2.24) is 0 Å². The Bertz CT molecular complexity index is 611. The van der Waals surface area contributed by atoms with E-state index in [-0.39, 0.29) is 6.61 Å². The zero-order valence-corrected chi connectivity index (χ0v) is 13.1. The van der Waals surface area contributed by atoms with Crippen molar-refractivity contribution < 1.29 is 17.9 Å². The van der Waals surface area contributed by atoms with E-state index in [1.54, 1.807) is 0 Å². The molecule has 0 saturated heterocycles. The van der Waals surface area contributed by atoms with Gasteiger partial charge >= 0.3 is 6.18 Å². The lowest BCUT2D eigenvalue weighted by Gasteiger charge is -2.12. The van der Waals surface area contributed by atoms with E-state index in [1.165, 1.54) is 12.1 Å². The fourth-order valence-electron chi connectivity index (χ4n) is 1.77. The summed E-state index contributed by atoms with van der Waals surface area (Å²) in [6.07, 6.45) is -4.33. The monoisotopic (exact) mass is 378 g/mol. The summed E-state index contributed by atoms with van der Waals surface area (Å²) < 4.78 is 43.8. The molecule has 2 aromatic rings. The van der Waals surface area contributed by atoms with Crippen LogP contribution in [0, 0.1) is 0 Å². The largest absolute Gasteiger partial charge is 0.487 e. The summed E-state index contributed by atoms with van der Waals surface area (Å²) in [5, 5.41) is 0. The van der Waals surface area contributed by atoms with Gasteiger partial charge in [0.05, 0.1) is 15.9 Å². The van der Waals surface area contributed by atoms with E-state index >= 15 is 0 Å². The van der Waals surface area contributed by atoms with Crippen LogP contribution in [0.5, 0.6) is 5.75 Å². The number of halogens is 5. The van der Waals surface area contributed by atoms with Crippen LogP contribution in [0.25, 0.3) is 0 Å². The van der Waals surface area contributed by atoms with Crippen molar-refractivity contribution in [1.29, 1.82) is 0 Å². The Hall–Kier alpha value is -1.20. The molecule has 2 rings (SSSR count). The zero-order valence-electron chi connectivity index (χ0n) is 10.8. The number of hydrogen-bond acceptors (Lipinski definition) is 1. The zero-order chi connectivity index (χ0) is 15.5. The first-order valence-corrected chi connectivity index (χ1v) is 7.37. The second-order valence-electron chi connectivity index (χ2n) is 4.35. The van der Waals surface area contributed by atoms with E-state index in [0.717, 1.165) is 22.2 Å². The fourth-order valence-corrected chi connectivity index (χ4v) is 2.50. The summed E-state index contributed by atoms with van der Waals surface area (Å²) in [5.41, 5.74) is 0.797. The molecule has 112 valence electrons. The third-order valence-electron chi connectivity index (χ3n) is 2.86. The highest BCUT2D eigenvalue weighted by atomic mass is 79.9. The van der Waals surface area contributed by atoms with Gasteiger partial charge in [-0.25, -0.2) is 0 Å². The highest BCUT2D eigenvalue weighted by molar-refractivity contribution is 9.10. The van der Waals surface area contributed by atoms with Gasteiger partial charge in [-0.1, -0.05) is 24.3 Å². The maximum absolute atomic E-state index is 12.5. The number of rotatable bonds is 4. The fraction of sp³-hybridized carbons (Fsp3) is 0.200. The molecular weight excluding hydrogens is 369 g/mol. The van der Waals surface area contributed by atoms with Crippen LogP contribution < -0.4 is 4.74 Å². The molecule has 2 aromatic carbocycles. The normalized spacial score (nSPS) is 11.5. The van der Waals surface area contributed by atoms with Crippen molar-refractivity contribution in [2.24, 2.45) is 0 Å². The summed E-state index contributed by atoms with van der Waals surface area (Å²) in [5.74, 6) is 0.898. The molecule has 0 saturated carbocycles. The van der Waals surface area contributed by atoms with Crippen LogP contribution in [0.1, 0.15) is 16.7 Å². The smallest absolute Gasteiger partial charge is 0.416 e. The quantitative estimate of drug-likeness (QED) is 0.611. The van der Waals surface area contributed by atoms with Gasteiger partial charge in [-0.05, 0) is 39.7 Å². The predicted molar refractivity (Wildman–Crippen MR) is 79.5 cm³/mol. The number of benzene rings is 2. The van der Waals surface area contributed by atoms with E-state index in [9.17, 15) is 13.2 Å². The van der Waals surface area contributed by atoms with Crippen molar-refractivity contribution in [3.63, 3.8) is 0 Å². The van der Waals surface area contributed by atoms with Gasteiger partial charge in [0, 0.05) is 5.56 Å². The van der Waals surface area contributed by atoms with Gasteiger partial charge < -0.3 is 4.74 Å². The SMILES string of the molecule is FC(F)(F)c1ccc(COc2c(Br)cccc2CCl)cc1. The topological polar surface area (TPSA) is 9.23 Å². The second-order valence-corrected chi connectivity index (χ2v) is 5.47. The van der Waals surface area contributed by atoms with Gasteiger partial charge in [-0.2, -0.15) is 13.2 Å². The van der Waals surface area contributed by atoms with Crippen molar-refractivity contribution in [3.8, 4) is 5.75 Å². The van der Waals surface area contributed by atoms with E-state index in [1.807, 2.05) is 18.2 Å². The van der Waals surface area contributed by atoms with Gasteiger partial charge in [-0.15, -0.1) is 11.6 Å². The van der Waals surface area contributed by atoms with Crippen molar-refractivity contribution in [2.45, 2.75) is 18.7 Å². The van der Waals surface area contributed by atoms with Crippen molar-refractivity contribution in [3.05, 3.63) is 63.6 Å². The summed E-state index contributed by atoms with van der Waals surface area (Å²) in [7, 11) is 0. The molecule has 0 heterocycles. The minimum atomic E-state index is -4.33. The second kappa shape index (κ2) is 6.71. The minimum absolute atomic E-state index is 0.171. The first-order valence-electron chi connectivity index (χ1n) is 6.04. The lowest BCUT2D eigenvalue weighted by Crippen LogP contribution is -2.05. The van der Waals surface area contributed by atoms with Crippen LogP contribution in [-0.4, -0.2) is 0 Å². The minimum Gasteiger partial charge on any atom is -0.487 e. The first-order chi connectivity index (χ1) is 9.91. The van der Waals surface area contributed by atoms with E-state index in [2.05, 4.69) is 15.9 Å². The number of para-hydroxylation sites is 1. The molecule has 21 heavy (non-hydrogen) atoms. The van der Waals surface area contributed by atoms with E-state index < -0.39 is 11.7 Å². The third kappa shape index (κ3) is 4.14. The van der Waals surface area contributed by atoms with Gasteiger partial charge in [-0.3, -0.25) is 0 Å². The number of ether oxygens (including phenoxy) is 1. The molecule has 0 N–H and O–H groups in total. The summed E-state index contributed by atoms with van der Waals surface area (Å²) >= 11 is 9.20. The third-order valence-corrected chi connectivity index (χ3v) is 3.77. The maximum Gasteiger partial charge on any atom is 0.416 e. The van der Waals surface area contributed by atoms with E-state index in [0.29, 0.717) is 17.2 Å². The molecule has 0 spiro atoms. The number of hydrogen-bond donors (Lipinski definition) is 0. The molecule has 0 aliphatic rings. The lowest BCUT2D eigenvalue weighted by atomic mass is 10.1. The highest BCUT2D eigenvalue weighted by Crippen LogP contribution is 2.32. The lowest BCUT2D eigenvalue weighted by molar-refractivity contribution is -0.137. The summed E-state index contributed by atoms with van der Waals surface area (Å²) in [6.45, 7) is 0.171. The maximum atomic E-state index is 12.5. The van der Waals surface area contributed by atoms with Crippen molar-refractivity contribution in [2.75, 3.05) is 0 Å². The van der Waals surface area contributed by atoms with E-state index in [4.69, 9.17) is 16.3 Å². The summed E-state index contributed by atoms with van der Waals surface area (Å²) in [6, 6.07) is 10.4. The molecule has 0 bridgehead atoms. The molecule has 0 atom stereocenters. The highest BCUT2D eigenvalue weighted by Gasteiger charge is 2.29. The van der Waals surface area contributed by atoms with Crippen LogP contribution in [-0.2, 0) is 18.7 Å². The molecule has 1 nitrogen and oxygen atoms in total.